The van der Waals surface area contributed by atoms with Crippen molar-refractivity contribution in [1.29, 1.82) is 0 Å². The van der Waals surface area contributed by atoms with Crippen molar-refractivity contribution in [2.75, 3.05) is 26.8 Å². The zero-order valence-electron chi connectivity index (χ0n) is 20.1. The van der Waals surface area contributed by atoms with E-state index in [1.54, 1.807) is 12.1 Å². The van der Waals surface area contributed by atoms with Gasteiger partial charge in [0.15, 0.2) is 0 Å². The molecule has 0 spiro atoms. The minimum atomic E-state index is -3.90. The van der Waals surface area contributed by atoms with Crippen molar-refractivity contribution < 1.29 is 27.5 Å². The quantitative estimate of drug-likeness (QED) is 0.487. The van der Waals surface area contributed by atoms with Crippen LogP contribution in [0.25, 0.3) is 0 Å². The number of sulfonamides is 1. The largest absolute Gasteiger partial charge is 0.497 e. The van der Waals surface area contributed by atoms with Gasteiger partial charge in [-0.1, -0.05) is 26.2 Å². The van der Waals surface area contributed by atoms with Crippen LogP contribution >= 0.6 is 0 Å². The Kier molecular flexibility index (Phi) is 9.73. The molecule has 0 radical (unpaired) electrons. The third kappa shape index (κ3) is 7.16. The van der Waals surface area contributed by atoms with E-state index in [1.807, 2.05) is 6.92 Å². The van der Waals surface area contributed by atoms with E-state index >= 15 is 0 Å². The summed E-state index contributed by atoms with van der Waals surface area (Å²) in [6.07, 6.45) is 7.25. The average molecular weight is 496 g/mol. The van der Waals surface area contributed by atoms with Gasteiger partial charge in [0.25, 0.3) is 0 Å². The van der Waals surface area contributed by atoms with E-state index in [-0.39, 0.29) is 29.5 Å². The number of hydrogen-bond acceptors (Lipinski definition) is 6. The van der Waals surface area contributed by atoms with E-state index in [0.29, 0.717) is 18.8 Å². The van der Waals surface area contributed by atoms with E-state index in [4.69, 9.17) is 9.47 Å². The molecule has 3 rings (SSSR count). The predicted octanol–water partition coefficient (Wildman–Crippen LogP) is 2.21. The highest BCUT2D eigenvalue weighted by molar-refractivity contribution is 7.89. The Hall–Kier alpha value is -2.17. The number of amides is 2. The molecule has 2 amide bonds. The second-order valence-corrected chi connectivity index (χ2v) is 10.7. The molecule has 2 fully saturated rings. The Bertz CT molecular complexity index is 909. The molecule has 0 aromatic heterocycles. The predicted molar refractivity (Wildman–Crippen MR) is 128 cm³/mol. The van der Waals surface area contributed by atoms with Gasteiger partial charge in [0.1, 0.15) is 11.8 Å². The molecule has 1 aliphatic carbocycles. The summed E-state index contributed by atoms with van der Waals surface area (Å²) in [6, 6.07) is 5.38. The zero-order valence-corrected chi connectivity index (χ0v) is 20.9. The van der Waals surface area contributed by atoms with E-state index in [1.165, 1.54) is 30.6 Å². The van der Waals surface area contributed by atoms with Crippen LogP contribution in [0.3, 0.4) is 0 Å². The number of nitrogens with zero attached hydrogens (tertiary/aromatic N) is 1. The van der Waals surface area contributed by atoms with E-state index < -0.39 is 28.5 Å². The molecule has 2 N–H and O–H groups in total. The summed E-state index contributed by atoms with van der Waals surface area (Å²) in [5.41, 5.74) is 0. The molecule has 1 saturated heterocycles. The maximum atomic E-state index is 13.2. The average Bonchev–Trinajstić information content (AvgIpc) is 3.36. The SMILES string of the molecule is CC[C@H](C(=O)NC1CCCCC1)N(C[C@H]1CCCO1)C(=O)CNS(=O)(=O)c1ccc(OC)cc1. The number of benzene rings is 1. The van der Waals surface area contributed by atoms with E-state index in [0.717, 1.165) is 38.5 Å². The fraction of sp³-hybridized carbons (Fsp3) is 0.667. The Morgan fingerprint density at radius 3 is 2.41 bits per heavy atom. The van der Waals surface area contributed by atoms with Crippen molar-refractivity contribution in [2.45, 2.75) is 81.4 Å². The van der Waals surface area contributed by atoms with Crippen LogP contribution in [0.5, 0.6) is 5.75 Å². The second kappa shape index (κ2) is 12.5. The Morgan fingerprint density at radius 2 is 1.82 bits per heavy atom. The molecular weight excluding hydrogens is 458 g/mol. The fourth-order valence-corrected chi connectivity index (χ4v) is 5.57. The number of nitrogens with one attached hydrogen (secondary N) is 2. The zero-order chi connectivity index (χ0) is 24.6. The first-order chi connectivity index (χ1) is 16.3. The van der Waals surface area contributed by atoms with Gasteiger partial charge in [0, 0.05) is 19.2 Å². The normalized spacial score (nSPS) is 20.0. The first-order valence-corrected chi connectivity index (χ1v) is 13.7. The number of carbonyl (C=O) groups is 2. The van der Waals surface area contributed by atoms with Crippen molar-refractivity contribution in [2.24, 2.45) is 0 Å². The molecule has 190 valence electrons. The second-order valence-electron chi connectivity index (χ2n) is 8.95. The van der Waals surface area contributed by atoms with Gasteiger partial charge in [0.05, 0.1) is 24.7 Å². The van der Waals surface area contributed by atoms with Crippen LogP contribution in [0, 0.1) is 0 Å². The molecule has 0 bridgehead atoms. The number of carbonyl (C=O) groups excluding carboxylic acids is 2. The first kappa shape index (κ1) is 26.4. The van der Waals surface area contributed by atoms with Crippen LogP contribution in [0.2, 0.25) is 0 Å². The van der Waals surface area contributed by atoms with E-state index in [2.05, 4.69) is 10.0 Å². The summed E-state index contributed by atoms with van der Waals surface area (Å²) in [7, 11) is -2.40. The van der Waals surface area contributed by atoms with Gasteiger partial charge in [-0.15, -0.1) is 0 Å². The molecule has 2 atom stereocenters. The van der Waals surface area contributed by atoms with Crippen molar-refractivity contribution in [3.05, 3.63) is 24.3 Å². The Balaban J connectivity index is 1.69. The number of hydrogen-bond donors (Lipinski definition) is 2. The summed E-state index contributed by atoms with van der Waals surface area (Å²) in [5, 5.41) is 3.11. The number of ether oxygens (including phenoxy) is 2. The highest BCUT2D eigenvalue weighted by atomic mass is 32.2. The summed E-state index contributed by atoms with van der Waals surface area (Å²) in [4.78, 5) is 27.9. The summed E-state index contributed by atoms with van der Waals surface area (Å²) in [5.74, 6) is -0.0930. The van der Waals surface area contributed by atoms with Gasteiger partial charge >= 0.3 is 0 Å². The van der Waals surface area contributed by atoms with Crippen molar-refractivity contribution in [3.63, 3.8) is 0 Å². The molecule has 0 unspecified atom stereocenters. The molecule has 34 heavy (non-hydrogen) atoms. The monoisotopic (exact) mass is 495 g/mol. The van der Waals surface area contributed by atoms with Crippen LogP contribution in [0.4, 0.5) is 0 Å². The first-order valence-electron chi connectivity index (χ1n) is 12.2. The van der Waals surface area contributed by atoms with Crippen LogP contribution in [0.1, 0.15) is 58.3 Å². The third-order valence-electron chi connectivity index (χ3n) is 6.54. The van der Waals surface area contributed by atoms with Gasteiger partial charge in [-0.25, -0.2) is 13.1 Å². The highest BCUT2D eigenvalue weighted by Crippen LogP contribution is 2.20. The van der Waals surface area contributed by atoms with Crippen LogP contribution in [0.15, 0.2) is 29.2 Å². The molecule has 9 nitrogen and oxygen atoms in total. The highest BCUT2D eigenvalue weighted by Gasteiger charge is 2.33. The molecule has 10 heteroatoms. The minimum absolute atomic E-state index is 0.0360. The minimum Gasteiger partial charge on any atom is -0.497 e. The molecule has 2 aliphatic rings. The molecular formula is C24H37N3O6S. The summed E-state index contributed by atoms with van der Waals surface area (Å²) < 4.78 is 38.6. The molecule has 1 heterocycles. The van der Waals surface area contributed by atoms with Crippen molar-refractivity contribution in [1.82, 2.24) is 14.9 Å². The van der Waals surface area contributed by atoms with Crippen LogP contribution < -0.4 is 14.8 Å². The molecule has 1 aromatic rings. The van der Waals surface area contributed by atoms with Crippen molar-refractivity contribution >= 4 is 21.8 Å². The standard InChI is InChI=1S/C24H37N3O6S/c1-3-22(24(29)26-18-8-5-4-6-9-18)27(17-20-10-7-15-33-20)23(28)16-25-34(30,31)21-13-11-19(32-2)12-14-21/h11-14,18,20,22,25H,3-10,15-17H2,1-2H3,(H,26,29)/t20-,22-/m1/s1. The fourth-order valence-electron chi connectivity index (χ4n) is 4.60. The topological polar surface area (TPSA) is 114 Å². The van der Waals surface area contributed by atoms with Gasteiger partial charge in [-0.3, -0.25) is 9.59 Å². The lowest BCUT2D eigenvalue weighted by molar-refractivity contribution is -0.141. The van der Waals surface area contributed by atoms with Crippen molar-refractivity contribution in [3.8, 4) is 5.75 Å². The van der Waals surface area contributed by atoms with Crippen LogP contribution in [-0.2, 0) is 24.3 Å². The smallest absolute Gasteiger partial charge is 0.243 e. The maximum absolute atomic E-state index is 13.2. The Morgan fingerprint density at radius 1 is 1.12 bits per heavy atom. The van der Waals surface area contributed by atoms with Gasteiger partial charge < -0.3 is 19.7 Å². The third-order valence-corrected chi connectivity index (χ3v) is 7.96. The lowest BCUT2D eigenvalue weighted by Gasteiger charge is -2.34. The lowest BCUT2D eigenvalue weighted by atomic mass is 9.95. The Labute approximate surface area is 202 Å². The van der Waals surface area contributed by atoms with E-state index in [9.17, 15) is 18.0 Å². The van der Waals surface area contributed by atoms with Gasteiger partial charge in [-0.2, -0.15) is 0 Å². The molecule has 1 saturated carbocycles. The lowest BCUT2D eigenvalue weighted by Crippen LogP contribution is -2.55. The maximum Gasteiger partial charge on any atom is 0.243 e. The molecule has 1 aliphatic heterocycles. The summed E-state index contributed by atoms with van der Waals surface area (Å²) >= 11 is 0. The van der Waals surface area contributed by atoms with Crippen LogP contribution in [-0.4, -0.2) is 70.1 Å². The van der Waals surface area contributed by atoms with Gasteiger partial charge in [0.2, 0.25) is 21.8 Å². The summed E-state index contributed by atoms with van der Waals surface area (Å²) in [6.45, 7) is 2.32. The number of rotatable bonds is 11. The number of methoxy groups -OCH3 is 1. The van der Waals surface area contributed by atoms with Gasteiger partial charge in [-0.05, 0) is 56.4 Å². The molecule has 1 aromatic carbocycles.